The topological polar surface area (TPSA) is 103 Å². The number of halogens is 1. The Bertz CT molecular complexity index is 1660. The Hall–Kier alpha value is -4.43. The number of hydrogen-bond acceptors (Lipinski definition) is 6. The van der Waals surface area contributed by atoms with Crippen LogP contribution in [0.4, 0.5) is 0 Å². The van der Waals surface area contributed by atoms with Gasteiger partial charge in [-0.25, -0.2) is 14.3 Å². The molecule has 5 rings (SSSR count). The zero-order valence-corrected chi connectivity index (χ0v) is 22.5. The van der Waals surface area contributed by atoms with E-state index < -0.39 is 5.76 Å². The summed E-state index contributed by atoms with van der Waals surface area (Å²) in [5.74, 6) is -0.223. The highest BCUT2D eigenvalue weighted by atomic mass is 35.5. The summed E-state index contributed by atoms with van der Waals surface area (Å²) in [4.78, 5) is 32.7. The molecule has 0 spiro atoms. The number of nitrogens with one attached hydrogen (secondary N) is 1. The van der Waals surface area contributed by atoms with E-state index in [0.717, 1.165) is 40.8 Å². The molecule has 1 N–H and O–H groups in total. The lowest BCUT2D eigenvalue weighted by Crippen LogP contribution is -2.27. The van der Waals surface area contributed by atoms with E-state index in [2.05, 4.69) is 17.1 Å². The lowest BCUT2D eigenvalue weighted by Gasteiger charge is -2.16. The van der Waals surface area contributed by atoms with Crippen LogP contribution in [0, 0.1) is 0 Å². The molecule has 0 amide bonds. The number of para-hydroxylation sites is 1. The van der Waals surface area contributed by atoms with Crippen LogP contribution < -0.4 is 16.1 Å². The predicted molar refractivity (Wildman–Crippen MR) is 153 cm³/mol. The number of aromatic nitrogens is 4. The van der Waals surface area contributed by atoms with Crippen LogP contribution >= 0.6 is 12.4 Å². The van der Waals surface area contributed by atoms with E-state index in [1.165, 1.54) is 11.7 Å². The second-order valence-electron chi connectivity index (χ2n) is 8.97. The fourth-order valence-electron chi connectivity index (χ4n) is 4.54. The molecule has 0 bridgehead atoms. The van der Waals surface area contributed by atoms with Crippen molar-refractivity contribution >= 4 is 12.4 Å². The number of unbranched alkanes of at least 4 members (excludes halogenated alkanes) is 1. The van der Waals surface area contributed by atoms with Gasteiger partial charge in [0.2, 0.25) is 0 Å². The maximum Gasteiger partial charge on any atom is 0.439 e. The summed E-state index contributed by atoms with van der Waals surface area (Å²) >= 11 is 0. The van der Waals surface area contributed by atoms with Crippen LogP contribution in [0.15, 0.2) is 93.0 Å². The molecule has 0 unspecified atom stereocenters. The van der Waals surface area contributed by atoms with Crippen LogP contribution in [0.3, 0.4) is 0 Å². The Morgan fingerprint density at radius 3 is 2.26 bits per heavy atom. The summed E-state index contributed by atoms with van der Waals surface area (Å²) in [6, 6.07) is 25.4. The zero-order chi connectivity index (χ0) is 26.5. The van der Waals surface area contributed by atoms with Gasteiger partial charge >= 0.3 is 11.8 Å². The van der Waals surface area contributed by atoms with Gasteiger partial charge in [0.15, 0.2) is 5.82 Å². The average molecular weight is 545 g/mol. The standard InChI is InChI=1S/C30H28N4O4.ClH/c1-3-4-14-26-25(28(35)34(29(31-26)37-2)22-10-6-5-7-11-22)19-20-15-17-21(18-16-20)23-12-8-9-13-24(23)27-32-30(36)38-33-27;/h5-13,15-18H,3-4,14,19H2,1-2H3,(H,32,33,36);1H. The summed E-state index contributed by atoms with van der Waals surface area (Å²) in [7, 11) is 1.54. The number of nitrogens with zero attached hydrogens (tertiary/aromatic N) is 3. The van der Waals surface area contributed by atoms with Crippen molar-refractivity contribution in [1.82, 2.24) is 19.7 Å². The summed E-state index contributed by atoms with van der Waals surface area (Å²) in [5.41, 5.74) is 5.63. The van der Waals surface area contributed by atoms with Gasteiger partial charge in [0, 0.05) is 17.5 Å². The van der Waals surface area contributed by atoms with Crippen molar-refractivity contribution in [3.8, 4) is 34.2 Å². The number of ether oxygens (including phenoxy) is 1. The molecule has 0 saturated carbocycles. The molecule has 0 fully saturated rings. The Kier molecular flexibility index (Phi) is 8.78. The summed E-state index contributed by atoms with van der Waals surface area (Å²) in [6.45, 7) is 2.12. The molecule has 0 radical (unpaired) electrons. The van der Waals surface area contributed by atoms with E-state index >= 15 is 0 Å². The highest BCUT2D eigenvalue weighted by Gasteiger charge is 2.19. The molecule has 0 atom stereocenters. The molecule has 0 saturated heterocycles. The largest absolute Gasteiger partial charge is 0.468 e. The second kappa shape index (κ2) is 12.4. The quantitative estimate of drug-likeness (QED) is 0.259. The SMILES string of the molecule is CCCCc1nc(OC)n(-c2ccccc2)c(=O)c1Cc1ccc(-c2ccccc2-c2noc(=O)[nH]2)cc1.Cl. The van der Waals surface area contributed by atoms with Gasteiger partial charge in [-0.3, -0.25) is 14.3 Å². The molecule has 5 aromatic rings. The molecule has 200 valence electrons. The number of aryl methyl sites for hydroxylation is 1. The second-order valence-corrected chi connectivity index (χ2v) is 8.97. The van der Waals surface area contributed by atoms with Crippen molar-refractivity contribution in [1.29, 1.82) is 0 Å². The van der Waals surface area contributed by atoms with Crippen LogP contribution in [0.1, 0.15) is 36.6 Å². The Morgan fingerprint density at radius 1 is 0.923 bits per heavy atom. The number of benzene rings is 3. The Balaban J connectivity index is 0.00000353. The third kappa shape index (κ3) is 5.86. The van der Waals surface area contributed by atoms with Crippen molar-refractivity contribution < 1.29 is 9.26 Å². The maximum absolute atomic E-state index is 13.8. The first-order chi connectivity index (χ1) is 18.6. The van der Waals surface area contributed by atoms with Crippen molar-refractivity contribution in [2.24, 2.45) is 0 Å². The number of aromatic amines is 1. The van der Waals surface area contributed by atoms with Gasteiger partial charge in [-0.15, -0.1) is 12.4 Å². The fourth-order valence-corrected chi connectivity index (χ4v) is 4.54. The molecule has 39 heavy (non-hydrogen) atoms. The van der Waals surface area contributed by atoms with Gasteiger partial charge in [-0.1, -0.05) is 85.2 Å². The third-order valence-electron chi connectivity index (χ3n) is 6.46. The first-order valence-corrected chi connectivity index (χ1v) is 12.6. The zero-order valence-electron chi connectivity index (χ0n) is 21.7. The first kappa shape index (κ1) is 27.6. The molecule has 2 heterocycles. The molecule has 9 heteroatoms. The molecule has 0 aliphatic heterocycles. The van der Waals surface area contributed by atoms with E-state index in [4.69, 9.17) is 14.2 Å². The van der Waals surface area contributed by atoms with Crippen LogP contribution in [-0.4, -0.2) is 26.8 Å². The molecular weight excluding hydrogens is 516 g/mol. The minimum atomic E-state index is -0.599. The lowest BCUT2D eigenvalue weighted by molar-refractivity contribution is 0.362. The van der Waals surface area contributed by atoms with Gasteiger partial charge < -0.3 is 4.74 Å². The van der Waals surface area contributed by atoms with Crippen LogP contribution in [0.25, 0.3) is 28.2 Å². The summed E-state index contributed by atoms with van der Waals surface area (Å²) in [6.07, 6.45) is 3.07. The van der Waals surface area contributed by atoms with E-state index in [-0.39, 0.29) is 24.0 Å². The Labute approximate surface area is 231 Å². The van der Waals surface area contributed by atoms with Crippen molar-refractivity contribution in [2.75, 3.05) is 7.11 Å². The minimum absolute atomic E-state index is 0. The van der Waals surface area contributed by atoms with E-state index in [1.807, 2.05) is 78.9 Å². The van der Waals surface area contributed by atoms with Gasteiger partial charge in [0.05, 0.1) is 18.5 Å². The van der Waals surface area contributed by atoms with Crippen LogP contribution in [-0.2, 0) is 12.8 Å². The molecule has 0 aliphatic rings. The molecule has 8 nitrogen and oxygen atoms in total. The average Bonchev–Trinajstić information content (AvgIpc) is 3.40. The fraction of sp³-hybridized carbons (Fsp3) is 0.200. The van der Waals surface area contributed by atoms with Crippen molar-refractivity contribution in [3.05, 3.63) is 117 Å². The number of H-pyrrole nitrogens is 1. The summed E-state index contributed by atoms with van der Waals surface area (Å²) < 4.78 is 11.8. The van der Waals surface area contributed by atoms with Gasteiger partial charge in [0.1, 0.15) is 0 Å². The van der Waals surface area contributed by atoms with E-state index in [0.29, 0.717) is 29.9 Å². The highest BCUT2D eigenvalue weighted by Crippen LogP contribution is 2.30. The third-order valence-corrected chi connectivity index (χ3v) is 6.46. The van der Waals surface area contributed by atoms with Gasteiger partial charge in [-0.2, -0.15) is 0 Å². The number of methoxy groups -OCH3 is 1. The van der Waals surface area contributed by atoms with Crippen LogP contribution in [0.2, 0.25) is 0 Å². The Morgan fingerprint density at radius 2 is 1.62 bits per heavy atom. The molecule has 0 aliphatic carbocycles. The normalized spacial score (nSPS) is 10.7. The summed E-state index contributed by atoms with van der Waals surface area (Å²) in [5, 5.41) is 3.84. The molecular formula is C30H29ClN4O4. The first-order valence-electron chi connectivity index (χ1n) is 12.6. The predicted octanol–water partition coefficient (Wildman–Crippen LogP) is 5.61. The smallest absolute Gasteiger partial charge is 0.439 e. The number of rotatable bonds is 9. The van der Waals surface area contributed by atoms with Crippen molar-refractivity contribution in [2.45, 2.75) is 32.6 Å². The maximum atomic E-state index is 13.8. The minimum Gasteiger partial charge on any atom is -0.468 e. The van der Waals surface area contributed by atoms with Gasteiger partial charge in [-0.05, 0) is 41.7 Å². The number of hydrogen-bond donors (Lipinski definition) is 1. The molecule has 3 aromatic carbocycles. The van der Waals surface area contributed by atoms with E-state index in [9.17, 15) is 9.59 Å². The monoisotopic (exact) mass is 544 g/mol. The highest BCUT2D eigenvalue weighted by molar-refractivity contribution is 5.85. The van der Waals surface area contributed by atoms with Crippen LogP contribution in [0.5, 0.6) is 6.01 Å². The lowest BCUT2D eigenvalue weighted by atomic mass is 9.96. The van der Waals surface area contributed by atoms with Gasteiger partial charge in [0.25, 0.3) is 5.56 Å². The van der Waals surface area contributed by atoms with Crippen molar-refractivity contribution in [3.63, 3.8) is 0 Å². The molecule has 2 aromatic heterocycles. The van der Waals surface area contributed by atoms with E-state index in [1.54, 1.807) is 0 Å².